The molecule has 1 unspecified atom stereocenters. The van der Waals surface area contributed by atoms with Gasteiger partial charge in [-0.05, 0) is 12.1 Å². The van der Waals surface area contributed by atoms with E-state index in [1.165, 1.54) is 0 Å². The third-order valence-corrected chi connectivity index (χ3v) is 2.25. The number of benzene rings is 1. The topological polar surface area (TPSA) is 75.6 Å². The van der Waals surface area contributed by atoms with Gasteiger partial charge < -0.3 is 15.2 Å². The van der Waals surface area contributed by atoms with Crippen molar-refractivity contribution in [3.05, 3.63) is 35.1 Å². The number of carboxylic acid groups (broad SMARTS) is 1. The third kappa shape index (κ3) is 3.68. The highest BCUT2D eigenvalue weighted by molar-refractivity contribution is 5.94. The third-order valence-electron chi connectivity index (χ3n) is 2.25. The van der Waals surface area contributed by atoms with Crippen LogP contribution in [0.1, 0.15) is 10.4 Å². The molecule has 19 heavy (non-hydrogen) atoms. The van der Waals surface area contributed by atoms with Crippen LogP contribution in [-0.4, -0.2) is 36.7 Å². The number of rotatable bonds is 5. The Bertz CT molecular complexity index is 484. The van der Waals surface area contributed by atoms with E-state index in [-0.39, 0.29) is 0 Å². The van der Waals surface area contributed by atoms with Crippen molar-refractivity contribution in [3.63, 3.8) is 0 Å². The van der Waals surface area contributed by atoms with Crippen molar-refractivity contribution in [1.29, 1.82) is 0 Å². The molecule has 0 bridgehead atoms. The van der Waals surface area contributed by atoms with Gasteiger partial charge in [-0.3, -0.25) is 4.79 Å². The van der Waals surface area contributed by atoms with Crippen molar-refractivity contribution in [2.75, 3.05) is 13.7 Å². The maximum atomic E-state index is 12.9. The lowest BCUT2D eigenvalue weighted by molar-refractivity contribution is -0.148. The minimum atomic E-state index is -1.68. The van der Waals surface area contributed by atoms with E-state index >= 15 is 0 Å². The number of nitrogens with one attached hydrogen (secondary N) is 1. The standard InChI is InChI=1S/C11H10F3NO4/c1-19-8(11(17)18)4-15-10(16)5-2-6(12)9(14)7(13)3-5/h2-3,8H,4H2,1H3,(H,15,16)(H,17,18). The number of carbonyl (C=O) groups excluding carboxylic acids is 1. The quantitative estimate of drug-likeness (QED) is 0.785. The Hall–Kier alpha value is -2.09. The Morgan fingerprint density at radius 1 is 1.32 bits per heavy atom. The Labute approximate surface area is 106 Å². The van der Waals surface area contributed by atoms with E-state index in [4.69, 9.17) is 5.11 Å². The minimum Gasteiger partial charge on any atom is -0.479 e. The molecule has 2 N–H and O–H groups in total. The summed E-state index contributed by atoms with van der Waals surface area (Å²) in [7, 11) is 1.13. The van der Waals surface area contributed by atoms with E-state index in [1.54, 1.807) is 0 Å². The first-order chi connectivity index (χ1) is 8.86. The van der Waals surface area contributed by atoms with Gasteiger partial charge in [-0.15, -0.1) is 0 Å². The maximum absolute atomic E-state index is 12.9. The largest absolute Gasteiger partial charge is 0.479 e. The van der Waals surface area contributed by atoms with Gasteiger partial charge in [0.25, 0.3) is 5.91 Å². The van der Waals surface area contributed by atoms with E-state index in [0.717, 1.165) is 7.11 Å². The lowest BCUT2D eigenvalue weighted by Crippen LogP contribution is -2.37. The molecular formula is C11H10F3NO4. The number of hydrogen-bond donors (Lipinski definition) is 2. The molecular weight excluding hydrogens is 267 g/mol. The molecule has 0 spiro atoms. The highest BCUT2D eigenvalue weighted by Gasteiger charge is 2.19. The molecule has 0 fully saturated rings. The van der Waals surface area contributed by atoms with Crippen LogP contribution in [0.25, 0.3) is 0 Å². The summed E-state index contributed by atoms with van der Waals surface area (Å²) in [5, 5.41) is 10.7. The summed E-state index contributed by atoms with van der Waals surface area (Å²) in [6.07, 6.45) is -1.29. The first kappa shape index (κ1) is 15.0. The van der Waals surface area contributed by atoms with E-state index in [2.05, 4.69) is 10.1 Å². The molecule has 104 valence electrons. The van der Waals surface area contributed by atoms with Gasteiger partial charge in [-0.1, -0.05) is 0 Å². The van der Waals surface area contributed by atoms with Crippen LogP contribution in [0.3, 0.4) is 0 Å². The van der Waals surface area contributed by atoms with Gasteiger partial charge in [0.05, 0.1) is 6.54 Å². The van der Waals surface area contributed by atoms with Gasteiger partial charge in [-0.25, -0.2) is 18.0 Å². The highest BCUT2D eigenvalue weighted by atomic mass is 19.2. The van der Waals surface area contributed by atoms with Crippen molar-refractivity contribution in [1.82, 2.24) is 5.32 Å². The molecule has 1 aromatic rings. The lowest BCUT2D eigenvalue weighted by Gasteiger charge is -2.11. The van der Waals surface area contributed by atoms with Crippen LogP contribution in [0.15, 0.2) is 12.1 Å². The summed E-state index contributed by atoms with van der Waals surface area (Å²) < 4.78 is 43.0. The van der Waals surface area contributed by atoms with Gasteiger partial charge in [0, 0.05) is 12.7 Å². The number of ether oxygens (including phenoxy) is 1. The van der Waals surface area contributed by atoms with E-state index in [1.807, 2.05) is 0 Å². The molecule has 0 aliphatic rings. The Balaban J connectivity index is 2.76. The fraction of sp³-hybridized carbons (Fsp3) is 0.273. The summed E-state index contributed by atoms with van der Waals surface area (Å²) in [5.41, 5.74) is -0.461. The van der Waals surface area contributed by atoms with Gasteiger partial charge >= 0.3 is 5.97 Å². The molecule has 8 heteroatoms. The second kappa shape index (κ2) is 6.19. The van der Waals surface area contributed by atoms with Gasteiger partial charge in [0.15, 0.2) is 23.6 Å². The molecule has 0 saturated carbocycles. The average molecular weight is 277 g/mol. The van der Waals surface area contributed by atoms with Crippen molar-refractivity contribution in [3.8, 4) is 0 Å². The molecule has 1 aromatic carbocycles. The van der Waals surface area contributed by atoms with Crippen LogP contribution in [0.2, 0.25) is 0 Å². The molecule has 0 heterocycles. The molecule has 0 aliphatic carbocycles. The lowest BCUT2D eigenvalue weighted by atomic mass is 10.2. The minimum absolute atomic E-state index is 0.398. The summed E-state index contributed by atoms with van der Waals surface area (Å²) in [4.78, 5) is 22.1. The summed E-state index contributed by atoms with van der Waals surface area (Å²) in [6.45, 7) is -0.398. The molecule has 1 amide bonds. The fourth-order valence-corrected chi connectivity index (χ4v) is 1.25. The molecule has 0 radical (unpaired) electrons. The Morgan fingerprint density at radius 3 is 2.26 bits per heavy atom. The average Bonchev–Trinajstić information content (AvgIpc) is 2.35. The van der Waals surface area contributed by atoms with Crippen LogP contribution in [0.4, 0.5) is 13.2 Å². The molecule has 1 atom stereocenters. The maximum Gasteiger partial charge on any atom is 0.334 e. The fourth-order valence-electron chi connectivity index (χ4n) is 1.25. The van der Waals surface area contributed by atoms with Gasteiger partial charge in [0.2, 0.25) is 0 Å². The molecule has 1 rings (SSSR count). The Kier molecular flexibility index (Phi) is 4.87. The predicted molar refractivity (Wildman–Crippen MR) is 57.1 cm³/mol. The summed E-state index contributed by atoms with van der Waals surface area (Å²) in [6, 6.07) is 1.02. The first-order valence-electron chi connectivity index (χ1n) is 5.05. The zero-order valence-corrected chi connectivity index (χ0v) is 9.75. The van der Waals surface area contributed by atoms with E-state index < -0.39 is 47.5 Å². The zero-order chi connectivity index (χ0) is 14.6. The van der Waals surface area contributed by atoms with Crippen molar-refractivity contribution < 1.29 is 32.6 Å². The zero-order valence-electron chi connectivity index (χ0n) is 9.75. The number of halogens is 3. The van der Waals surface area contributed by atoms with Gasteiger partial charge in [0.1, 0.15) is 0 Å². The smallest absolute Gasteiger partial charge is 0.334 e. The van der Waals surface area contributed by atoms with Crippen LogP contribution in [0, 0.1) is 17.5 Å². The monoisotopic (exact) mass is 277 g/mol. The summed E-state index contributed by atoms with van der Waals surface area (Å²) >= 11 is 0. The van der Waals surface area contributed by atoms with Crippen molar-refractivity contribution >= 4 is 11.9 Å². The SMILES string of the molecule is COC(CNC(=O)c1cc(F)c(F)c(F)c1)C(=O)O. The number of hydrogen-bond acceptors (Lipinski definition) is 3. The highest BCUT2D eigenvalue weighted by Crippen LogP contribution is 2.13. The number of aliphatic carboxylic acids is 1. The number of methoxy groups -OCH3 is 1. The Morgan fingerprint density at radius 2 is 1.84 bits per heavy atom. The number of carbonyl (C=O) groups is 2. The number of amides is 1. The van der Waals surface area contributed by atoms with Crippen molar-refractivity contribution in [2.24, 2.45) is 0 Å². The van der Waals surface area contributed by atoms with Crippen molar-refractivity contribution in [2.45, 2.75) is 6.10 Å². The van der Waals surface area contributed by atoms with Crippen LogP contribution in [-0.2, 0) is 9.53 Å². The van der Waals surface area contributed by atoms with Gasteiger partial charge in [-0.2, -0.15) is 0 Å². The molecule has 0 aromatic heterocycles. The van der Waals surface area contributed by atoms with E-state index in [9.17, 15) is 22.8 Å². The molecule has 0 saturated heterocycles. The van der Waals surface area contributed by atoms with Crippen LogP contribution in [0.5, 0.6) is 0 Å². The molecule has 0 aliphatic heterocycles. The van der Waals surface area contributed by atoms with Crippen LogP contribution >= 0.6 is 0 Å². The first-order valence-corrected chi connectivity index (χ1v) is 5.05. The van der Waals surface area contributed by atoms with Crippen LogP contribution < -0.4 is 5.32 Å². The number of carboxylic acids is 1. The molecule has 5 nitrogen and oxygen atoms in total. The predicted octanol–water partition coefficient (Wildman–Crippen LogP) is 0.933. The normalized spacial score (nSPS) is 12.0. The summed E-state index contributed by atoms with van der Waals surface area (Å²) in [5.74, 6) is -6.95. The second-order valence-electron chi connectivity index (χ2n) is 3.53. The van der Waals surface area contributed by atoms with E-state index in [0.29, 0.717) is 12.1 Å². The second-order valence-corrected chi connectivity index (χ2v) is 3.53.